The molecule has 2 aromatic heterocycles. The van der Waals surface area contributed by atoms with Crippen molar-refractivity contribution in [3.05, 3.63) is 40.0 Å². The summed E-state index contributed by atoms with van der Waals surface area (Å²) < 4.78 is 5.98. The SMILES string of the molecule is Cc1cc(O[C@H]2CCCN(C(=O)NCc3cccs3)C2)nc(C)n1. The molecule has 1 aliphatic heterocycles. The van der Waals surface area contributed by atoms with Crippen molar-refractivity contribution >= 4 is 17.4 Å². The van der Waals surface area contributed by atoms with Crippen LogP contribution in [0.15, 0.2) is 23.6 Å². The van der Waals surface area contributed by atoms with Crippen LogP contribution in [0.1, 0.15) is 29.2 Å². The number of nitrogens with one attached hydrogen (secondary N) is 1. The van der Waals surface area contributed by atoms with Crippen LogP contribution < -0.4 is 10.1 Å². The van der Waals surface area contributed by atoms with Gasteiger partial charge in [-0.2, -0.15) is 4.98 Å². The lowest BCUT2D eigenvalue weighted by molar-refractivity contribution is 0.0974. The van der Waals surface area contributed by atoms with E-state index in [-0.39, 0.29) is 12.1 Å². The van der Waals surface area contributed by atoms with Gasteiger partial charge < -0.3 is 15.0 Å². The number of aromatic nitrogens is 2. The van der Waals surface area contributed by atoms with Crippen LogP contribution >= 0.6 is 11.3 Å². The second-order valence-corrected chi connectivity index (χ2v) is 6.99. The molecule has 0 aromatic carbocycles. The summed E-state index contributed by atoms with van der Waals surface area (Å²) in [7, 11) is 0. The third-order valence-electron chi connectivity index (χ3n) is 3.89. The zero-order chi connectivity index (χ0) is 16.9. The first-order chi connectivity index (χ1) is 11.6. The molecule has 7 heteroatoms. The number of hydrogen-bond acceptors (Lipinski definition) is 5. The molecular weight excluding hydrogens is 324 g/mol. The number of piperidine rings is 1. The molecule has 0 radical (unpaired) electrons. The second-order valence-electron chi connectivity index (χ2n) is 5.96. The molecule has 3 rings (SSSR count). The molecule has 6 nitrogen and oxygen atoms in total. The number of nitrogens with zero attached hydrogens (tertiary/aromatic N) is 3. The number of amides is 2. The third kappa shape index (κ3) is 4.44. The average Bonchev–Trinajstić information content (AvgIpc) is 3.05. The summed E-state index contributed by atoms with van der Waals surface area (Å²) >= 11 is 1.64. The lowest BCUT2D eigenvalue weighted by Gasteiger charge is -2.32. The highest BCUT2D eigenvalue weighted by Crippen LogP contribution is 2.18. The van der Waals surface area contributed by atoms with E-state index in [0.717, 1.165) is 30.0 Å². The highest BCUT2D eigenvalue weighted by Gasteiger charge is 2.25. The number of carbonyl (C=O) groups is 1. The summed E-state index contributed by atoms with van der Waals surface area (Å²) in [6.07, 6.45) is 1.83. The molecule has 1 fully saturated rings. The van der Waals surface area contributed by atoms with Crippen molar-refractivity contribution in [2.45, 2.75) is 39.3 Å². The molecule has 1 aliphatic rings. The number of rotatable bonds is 4. The molecule has 1 N–H and O–H groups in total. The van der Waals surface area contributed by atoms with Gasteiger partial charge in [0, 0.05) is 23.2 Å². The predicted octanol–water partition coefficient (Wildman–Crippen LogP) is 2.91. The molecule has 2 amide bonds. The normalized spacial score (nSPS) is 17.6. The monoisotopic (exact) mass is 346 g/mol. The topological polar surface area (TPSA) is 67.3 Å². The van der Waals surface area contributed by atoms with Gasteiger partial charge in [0.1, 0.15) is 11.9 Å². The maximum atomic E-state index is 12.3. The van der Waals surface area contributed by atoms with Gasteiger partial charge >= 0.3 is 6.03 Å². The molecule has 0 unspecified atom stereocenters. The van der Waals surface area contributed by atoms with E-state index >= 15 is 0 Å². The Morgan fingerprint density at radius 1 is 1.46 bits per heavy atom. The second kappa shape index (κ2) is 7.61. The number of thiophene rings is 1. The average molecular weight is 346 g/mol. The number of carbonyl (C=O) groups excluding carboxylic acids is 1. The Kier molecular flexibility index (Phi) is 5.30. The maximum absolute atomic E-state index is 12.3. The lowest BCUT2D eigenvalue weighted by atomic mass is 10.1. The number of likely N-dealkylation sites (tertiary alicyclic amines) is 1. The first kappa shape index (κ1) is 16.7. The maximum Gasteiger partial charge on any atom is 0.317 e. The van der Waals surface area contributed by atoms with Crippen molar-refractivity contribution in [2.75, 3.05) is 13.1 Å². The van der Waals surface area contributed by atoms with Gasteiger partial charge in [0.15, 0.2) is 0 Å². The fraction of sp³-hybridized carbons (Fsp3) is 0.471. The standard InChI is InChI=1S/C17H22N4O2S/c1-12-9-16(20-13(2)19-12)23-14-5-3-7-21(11-14)17(22)18-10-15-6-4-8-24-15/h4,6,8-9,14H,3,5,7,10-11H2,1-2H3,(H,18,22)/t14-/m0/s1. The number of aryl methyl sites for hydroxylation is 2. The Balaban J connectivity index is 1.54. The first-order valence-electron chi connectivity index (χ1n) is 8.14. The molecule has 1 saturated heterocycles. The Morgan fingerprint density at radius 3 is 3.08 bits per heavy atom. The number of ether oxygens (including phenoxy) is 1. The highest BCUT2D eigenvalue weighted by molar-refractivity contribution is 7.09. The number of urea groups is 1. The van der Waals surface area contributed by atoms with Crippen molar-refractivity contribution in [3.8, 4) is 5.88 Å². The van der Waals surface area contributed by atoms with Crippen LogP contribution in [-0.4, -0.2) is 40.1 Å². The zero-order valence-corrected chi connectivity index (χ0v) is 14.8. The van der Waals surface area contributed by atoms with Crippen LogP contribution in [0.2, 0.25) is 0 Å². The van der Waals surface area contributed by atoms with Crippen LogP contribution in [0.3, 0.4) is 0 Å². The molecule has 3 heterocycles. The Bertz CT molecular complexity index is 670. The van der Waals surface area contributed by atoms with E-state index in [0.29, 0.717) is 24.8 Å². The first-order valence-corrected chi connectivity index (χ1v) is 9.02. The fourth-order valence-electron chi connectivity index (χ4n) is 2.82. The molecule has 2 aromatic rings. The van der Waals surface area contributed by atoms with E-state index < -0.39 is 0 Å². The van der Waals surface area contributed by atoms with Crippen molar-refractivity contribution in [2.24, 2.45) is 0 Å². The van der Waals surface area contributed by atoms with Crippen LogP contribution in [0, 0.1) is 13.8 Å². The summed E-state index contributed by atoms with van der Waals surface area (Å²) in [6.45, 7) is 5.69. The lowest BCUT2D eigenvalue weighted by Crippen LogP contribution is -2.48. The summed E-state index contributed by atoms with van der Waals surface area (Å²) in [5.74, 6) is 1.29. The molecule has 0 aliphatic carbocycles. The van der Waals surface area contributed by atoms with E-state index in [9.17, 15) is 4.79 Å². The number of hydrogen-bond donors (Lipinski definition) is 1. The fourth-order valence-corrected chi connectivity index (χ4v) is 3.47. The van der Waals surface area contributed by atoms with Gasteiger partial charge in [-0.05, 0) is 38.1 Å². The highest BCUT2D eigenvalue weighted by atomic mass is 32.1. The molecule has 24 heavy (non-hydrogen) atoms. The Hall–Kier alpha value is -2.15. The van der Waals surface area contributed by atoms with Crippen LogP contribution in [0.5, 0.6) is 5.88 Å². The minimum Gasteiger partial charge on any atom is -0.472 e. The predicted molar refractivity (Wildman–Crippen MR) is 93.3 cm³/mol. The zero-order valence-electron chi connectivity index (χ0n) is 14.0. The summed E-state index contributed by atoms with van der Waals surface area (Å²) in [5, 5.41) is 4.99. The summed E-state index contributed by atoms with van der Waals surface area (Å²) in [4.78, 5) is 23.9. The third-order valence-corrected chi connectivity index (χ3v) is 4.77. The molecular formula is C17H22N4O2S. The van der Waals surface area contributed by atoms with E-state index in [1.54, 1.807) is 11.3 Å². The van der Waals surface area contributed by atoms with Crippen molar-refractivity contribution in [1.29, 1.82) is 0 Å². The molecule has 0 spiro atoms. The largest absolute Gasteiger partial charge is 0.472 e. The van der Waals surface area contributed by atoms with Gasteiger partial charge in [0.05, 0.1) is 13.1 Å². The minimum atomic E-state index is -0.0354. The van der Waals surface area contributed by atoms with Gasteiger partial charge in [-0.3, -0.25) is 0 Å². The Labute approximate surface area is 145 Å². The van der Waals surface area contributed by atoms with Crippen molar-refractivity contribution < 1.29 is 9.53 Å². The van der Waals surface area contributed by atoms with Gasteiger partial charge in [-0.1, -0.05) is 6.07 Å². The quantitative estimate of drug-likeness (QED) is 0.924. The van der Waals surface area contributed by atoms with Crippen molar-refractivity contribution in [1.82, 2.24) is 20.2 Å². The molecule has 0 saturated carbocycles. The van der Waals surface area contributed by atoms with Crippen molar-refractivity contribution in [3.63, 3.8) is 0 Å². The van der Waals surface area contributed by atoms with Gasteiger partial charge in [-0.15, -0.1) is 11.3 Å². The summed E-state index contributed by atoms with van der Waals surface area (Å²) in [5.41, 5.74) is 0.888. The smallest absolute Gasteiger partial charge is 0.317 e. The Morgan fingerprint density at radius 2 is 2.33 bits per heavy atom. The van der Waals surface area contributed by atoms with E-state index in [1.807, 2.05) is 42.3 Å². The van der Waals surface area contributed by atoms with Gasteiger partial charge in [-0.25, -0.2) is 9.78 Å². The van der Waals surface area contributed by atoms with E-state index in [1.165, 1.54) is 0 Å². The molecule has 0 bridgehead atoms. The van der Waals surface area contributed by atoms with Gasteiger partial charge in [0.2, 0.25) is 5.88 Å². The van der Waals surface area contributed by atoms with Crippen LogP contribution in [-0.2, 0) is 6.54 Å². The van der Waals surface area contributed by atoms with E-state index in [2.05, 4.69) is 15.3 Å². The molecule has 128 valence electrons. The van der Waals surface area contributed by atoms with Crippen LogP contribution in [0.4, 0.5) is 4.79 Å². The van der Waals surface area contributed by atoms with Crippen LogP contribution in [0.25, 0.3) is 0 Å². The summed E-state index contributed by atoms with van der Waals surface area (Å²) in [6, 6.07) is 5.81. The van der Waals surface area contributed by atoms with E-state index in [4.69, 9.17) is 4.74 Å². The van der Waals surface area contributed by atoms with Gasteiger partial charge in [0.25, 0.3) is 0 Å². The minimum absolute atomic E-state index is 0.0278. The molecule has 1 atom stereocenters.